The predicted octanol–water partition coefficient (Wildman–Crippen LogP) is 9.66. The Morgan fingerprint density at radius 2 is 1.38 bits per heavy atom. The highest BCUT2D eigenvalue weighted by Gasteiger charge is 2.70. The maximum Gasteiger partial charge on any atom is 0.312 e. The van der Waals surface area contributed by atoms with Gasteiger partial charge in [-0.15, -0.1) is 0 Å². The van der Waals surface area contributed by atoms with Crippen LogP contribution in [-0.4, -0.2) is 23.0 Å². The predicted molar refractivity (Wildman–Crippen MR) is 186 cm³/mol. The molecule has 1 N–H and O–H groups in total. The molecular weight excluding hydrogens is 580 g/mol. The molecule has 4 heteroatoms. The second-order valence-electron chi connectivity index (χ2n) is 18.2. The van der Waals surface area contributed by atoms with E-state index in [1.165, 1.54) is 5.57 Å². The Morgan fingerprint density at radius 1 is 0.787 bits per heavy atom. The fraction of sp³-hybridized carbons (Fsp3) is 0.628. The molecule has 2 aromatic carbocycles. The van der Waals surface area contributed by atoms with Crippen molar-refractivity contribution >= 4 is 11.8 Å². The van der Waals surface area contributed by atoms with E-state index in [2.05, 4.69) is 54.5 Å². The van der Waals surface area contributed by atoms with E-state index in [-0.39, 0.29) is 51.0 Å². The summed E-state index contributed by atoms with van der Waals surface area (Å²) in [5, 5.41) is 11.1. The maximum absolute atomic E-state index is 14.7. The first-order valence-electron chi connectivity index (χ1n) is 18.3. The van der Waals surface area contributed by atoms with Crippen LogP contribution < -0.4 is 0 Å². The maximum atomic E-state index is 14.7. The third-order valence-corrected chi connectivity index (χ3v) is 15.5. The van der Waals surface area contributed by atoms with Crippen LogP contribution in [0.4, 0.5) is 0 Å². The van der Waals surface area contributed by atoms with Crippen molar-refractivity contribution in [1.82, 2.24) is 0 Å². The summed E-state index contributed by atoms with van der Waals surface area (Å²) in [7, 11) is 0. The minimum atomic E-state index is -0.640. The molecule has 5 aliphatic rings. The number of carbonyl (C=O) groups is 2. The van der Waals surface area contributed by atoms with Crippen LogP contribution in [0.5, 0.6) is 0 Å². The summed E-state index contributed by atoms with van der Waals surface area (Å²) < 4.78 is 6.52. The van der Waals surface area contributed by atoms with Crippen LogP contribution in [0, 0.1) is 50.2 Å². The highest BCUT2D eigenvalue weighted by Crippen LogP contribution is 2.75. The summed E-state index contributed by atoms with van der Waals surface area (Å²) in [6.45, 7) is 16.3. The van der Waals surface area contributed by atoms with Gasteiger partial charge in [-0.3, -0.25) is 9.59 Å². The van der Waals surface area contributed by atoms with Gasteiger partial charge in [-0.25, -0.2) is 0 Å². The molecule has 47 heavy (non-hydrogen) atoms. The molecule has 4 fully saturated rings. The Bertz CT molecular complexity index is 1540. The highest BCUT2D eigenvalue weighted by molar-refractivity contribution is 5.95. The Balaban J connectivity index is 1.23. The van der Waals surface area contributed by atoms with Crippen molar-refractivity contribution < 1.29 is 19.4 Å². The van der Waals surface area contributed by atoms with E-state index in [4.69, 9.17) is 4.74 Å². The van der Waals surface area contributed by atoms with Gasteiger partial charge in [0.05, 0.1) is 11.5 Å². The van der Waals surface area contributed by atoms with Crippen molar-refractivity contribution in [2.45, 2.75) is 118 Å². The number of hydrogen-bond acceptors (Lipinski definition) is 4. The molecule has 252 valence electrons. The molecular formula is C43H56O4. The molecule has 0 spiro atoms. The molecule has 0 amide bonds. The van der Waals surface area contributed by atoms with Crippen LogP contribution in [-0.2, 0) is 14.3 Å². The Labute approximate surface area is 282 Å². The molecule has 9 atom stereocenters. The zero-order valence-electron chi connectivity index (χ0n) is 29.8. The first-order valence-corrected chi connectivity index (χ1v) is 18.3. The van der Waals surface area contributed by atoms with Crippen LogP contribution in [0.1, 0.15) is 123 Å². The van der Waals surface area contributed by atoms with Crippen molar-refractivity contribution in [3.63, 3.8) is 0 Å². The SMILES string of the molecule is CC1(C)[C@@H](O)CC[C@]2(C)[C@H]3C(=O)C=C4[C@@H]5C[C@](C)(C(=O)OC(c6ccccc6)c6ccccc6)CC[C@]5(C)CC[C@@]4(C)[C@]3(C)CC[C@@H]12. The fourth-order valence-electron chi connectivity index (χ4n) is 12.2. The van der Waals surface area contributed by atoms with E-state index < -0.39 is 11.5 Å². The van der Waals surface area contributed by atoms with Gasteiger partial charge in [0.1, 0.15) is 0 Å². The number of rotatable bonds is 4. The third kappa shape index (κ3) is 4.70. The van der Waals surface area contributed by atoms with Crippen molar-refractivity contribution in [1.29, 1.82) is 0 Å². The minimum Gasteiger partial charge on any atom is -0.452 e. The van der Waals surface area contributed by atoms with E-state index in [9.17, 15) is 14.7 Å². The van der Waals surface area contributed by atoms with Crippen LogP contribution in [0.15, 0.2) is 72.3 Å². The zero-order chi connectivity index (χ0) is 33.6. The number of aliphatic hydroxyl groups excluding tert-OH is 1. The Kier molecular flexibility index (Phi) is 7.60. The van der Waals surface area contributed by atoms with Crippen LogP contribution in [0.2, 0.25) is 0 Å². The summed E-state index contributed by atoms with van der Waals surface area (Å²) in [6.07, 6.45) is 9.72. The first-order chi connectivity index (χ1) is 22.1. The van der Waals surface area contributed by atoms with E-state index in [0.717, 1.165) is 62.5 Å². The molecule has 4 nitrogen and oxygen atoms in total. The van der Waals surface area contributed by atoms with Crippen LogP contribution in [0.3, 0.4) is 0 Å². The zero-order valence-corrected chi connectivity index (χ0v) is 29.8. The van der Waals surface area contributed by atoms with Gasteiger partial charge in [-0.2, -0.15) is 0 Å². The second kappa shape index (κ2) is 10.9. The summed E-state index contributed by atoms with van der Waals surface area (Å²) >= 11 is 0. The number of hydrogen-bond donors (Lipinski definition) is 1. The average Bonchev–Trinajstić information content (AvgIpc) is 3.04. The van der Waals surface area contributed by atoms with Crippen molar-refractivity contribution in [3.05, 3.63) is 83.4 Å². The second-order valence-corrected chi connectivity index (χ2v) is 18.2. The van der Waals surface area contributed by atoms with Gasteiger partial charge in [0, 0.05) is 5.92 Å². The summed E-state index contributed by atoms with van der Waals surface area (Å²) in [5.74, 6) is 0.606. The molecule has 0 radical (unpaired) electrons. The molecule has 0 bridgehead atoms. The fourth-order valence-corrected chi connectivity index (χ4v) is 12.2. The summed E-state index contributed by atoms with van der Waals surface area (Å²) in [6, 6.07) is 20.1. The number of fused-ring (bicyclic) bond motifs is 7. The third-order valence-electron chi connectivity index (χ3n) is 15.5. The summed E-state index contributed by atoms with van der Waals surface area (Å²) in [4.78, 5) is 29.1. The number of ketones is 1. The molecule has 0 heterocycles. The molecule has 2 aromatic rings. The number of benzene rings is 2. The Hall–Kier alpha value is -2.72. The van der Waals surface area contributed by atoms with Crippen LogP contribution in [0.25, 0.3) is 0 Å². The summed E-state index contributed by atoms with van der Waals surface area (Å²) in [5.41, 5.74) is 2.09. The molecule has 7 rings (SSSR count). The average molecular weight is 637 g/mol. The molecule has 4 saturated carbocycles. The number of esters is 1. The quantitative estimate of drug-likeness (QED) is 0.340. The van der Waals surface area contributed by atoms with E-state index in [0.29, 0.717) is 18.1 Å². The van der Waals surface area contributed by atoms with Gasteiger partial charge >= 0.3 is 5.97 Å². The lowest BCUT2D eigenvalue weighted by Gasteiger charge is -2.70. The van der Waals surface area contributed by atoms with Gasteiger partial charge in [0.2, 0.25) is 0 Å². The van der Waals surface area contributed by atoms with Gasteiger partial charge in [0.25, 0.3) is 0 Å². The van der Waals surface area contributed by atoms with E-state index in [1.807, 2.05) is 60.7 Å². The number of allylic oxidation sites excluding steroid dienone is 2. The van der Waals surface area contributed by atoms with Gasteiger partial charge in [-0.1, -0.05) is 108 Å². The smallest absolute Gasteiger partial charge is 0.312 e. The largest absolute Gasteiger partial charge is 0.452 e. The van der Waals surface area contributed by atoms with Crippen LogP contribution >= 0.6 is 0 Å². The normalized spacial score (nSPS) is 42.3. The van der Waals surface area contributed by atoms with Crippen molar-refractivity contribution in [2.24, 2.45) is 50.2 Å². The molecule has 0 saturated heterocycles. The topological polar surface area (TPSA) is 63.6 Å². The molecule has 0 aromatic heterocycles. The Morgan fingerprint density at radius 3 is 2.00 bits per heavy atom. The van der Waals surface area contributed by atoms with Gasteiger partial charge < -0.3 is 9.84 Å². The number of carbonyl (C=O) groups excluding carboxylic acids is 2. The highest BCUT2D eigenvalue weighted by atomic mass is 16.5. The van der Waals surface area contributed by atoms with Gasteiger partial charge in [-0.05, 0) is 121 Å². The van der Waals surface area contributed by atoms with Crippen molar-refractivity contribution in [2.75, 3.05) is 0 Å². The number of ether oxygens (including phenoxy) is 1. The van der Waals surface area contributed by atoms with E-state index in [1.54, 1.807) is 0 Å². The minimum absolute atomic E-state index is 0.0453. The molecule has 5 aliphatic carbocycles. The standard InChI is InChI=1S/C43H56O4/c1-38(2)33-18-21-43(7)36(41(33,5)20-19-34(38)45)32(44)26-30-31-27-40(4,23-22-39(31,3)24-25-42(30,43)6)37(46)47-35(28-14-10-8-11-15-28)29-16-12-9-13-17-29/h8-17,26,31,33-36,45H,18-25,27H2,1-7H3/t31-,33-,34-,36+,39+,40+,41-,42+,43+/m0/s1. The lowest BCUT2D eigenvalue weighted by atomic mass is 9.33. The molecule has 0 unspecified atom stereocenters. The lowest BCUT2D eigenvalue weighted by molar-refractivity contribution is -0.202. The van der Waals surface area contributed by atoms with E-state index >= 15 is 0 Å². The molecule has 0 aliphatic heterocycles. The monoisotopic (exact) mass is 636 g/mol. The number of aliphatic hydroxyl groups is 1. The first kappa shape index (κ1) is 32.8. The lowest BCUT2D eigenvalue weighted by Crippen LogP contribution is -2.66. The van der Waals surface area contributed by atoms with Gasteiger partial charge in [0.15, 0.2) is 11.9 Å². The van der Waals surface area contributed by atoms with Crippen molar-refractivity contribution in [3.8, 4) is 0 Å².